The molecule has 7 heteroatoms. The number of carbonyl (C=O) groups excluding carboxylic acids is 1. The van der Waals surface area contributed by atoms with E-state index in [0.29, 0.717) is 28.4 Å². The molecular formula is C15H16ClN3O2S. The Morgan fingerprint density at radius 2 is 2.32 bits per heavy atom. The van der Waals surface area contributed by atoms with Gasteiger partial charge < -0.3 is 10.4 Å². The van der Waals surface area contributed by atoms with Crippen molar-refractivity contribution in [3.8, 4) is 5.69 Å². The normalized spacial score (nSPS) is 21.0. The van der Waals surface area contributed by atoms with Crippen LogP contribution in [0.4, 0.5) is 0 Å². The molecule has 3 rings (SSSR count). The van der Waals surface area contributed by atoms with Crippen molar-refractivity contribution in [3.63, 3.8) is 0 Å². The number of nitrogens with one attached hydrogen (secondary N) is 1. The molecule has 22 heavy (non-hydrogen) atoms. The first-order valence-electron chi connectivity index (χ1n) is 6.95. The Labute approximate surface area is 137 Å². The van der Waals surface area contributed by atoms with E-state index in [1.54, 1.807) is 28.7 Å². The van der Waals surface area contributed by atoms with Gasteiger partial charge in [-0.3, -0.25) is 4.79 Å². The molecule has 1 unspecified atom stereocenters. The van der Waals surface area contributed by atoms with Gasteiger partial charge >= 0.3 is 0 Å². The zero-order chi connectivity index (χ0) is 15.6. The van der Waals surface area contributed by atoms with Gasteiger partial charge in [-0.15, -0.1) is 0 Å². The van der Waals surface area contributed by atoms with E-state index in [9.17, 15) is 9.90 Å². The molecule has 1 amide bonds. The lowest BCUT2D eigenvalue weighted by Gasteiger charge is -2.21. The van der Waals surface area contributed by atoms with Crippen LogP contribution in [0.5, 0.6) is 0 Å². The number of rotatable bonds is 4. The monoisotopic (exact) mass is 337 g/mol. The summed E-state index contributed by atoms with van der Waals surface area (Å²) >= 11 is 7.82. The molecule has 0 radical (unpaired) electrons. The molecule has 116 valence electrons. The topological polar surface area (TPSA) is 67.2 Å². The van der Waals surface area contributed by atoms with Gasteiger partial charge in [0, 0.05) is 18.5 Å². The molecule has 0 bridgehead atoms. The molecule has 0 spiro atoms. The molecule has 1 saturated heterocycles. The molecule has 1 atom stereocenters. The van der Waals surface area contributed by atoms with Crippen molar-refractivity contribution in [1.82, 2.24) is 15.1 Å². The summed E-state index contributed by atoms with van der Waals surface area (Å²) in [6.45, 7) is 0.260. The molecule has 2 aromatic rings. The standard InChI is InChI=1S/C15H16ClN3O2S/c16-12-3-1-2-4-13(12)19-8-11(7-18-19)14(20)17-9-15(21)5-6-22-10-15/h1-4,7-8,21H,5-6,9-10H2,(H,17,20). The molecule has 2 heterocycles. The Balaban J connectivity index is 1.68. The first-order chi connectivity index (χ1) is 10.6. The van der Waals surface area contributed by atoms with E-state index in [4.69, 9.17) is 11.6 Å². The minimum absolute atomic E-state index is 0.247. The number of aliphatic hydroxyl groups is 1. The van der Waals surface area contributed by atoms with Crippen LogP contribution in [0.1, 0.15) is 16.8 Å². The SMILES string of the molecule is O=C(NCC1(O)CCSC1)c1cnn(-c2ccccc2Cl)c1. The third-order valence-electron chi connectivity index (χ3n) is 3.60. The van der Waals surface area contributed by atoms with Crippen LogP contribution in [-0.2, 0) is 0 Å². The van der Waals surface area contributed by atoms with Gasteiger partial charge in [0.05, 0.1) is 28.1 Å². The van der Waals surface area contributed by atoms with Crippen molar-refractivity contribution >= 4 is 29.3 Å². The van der Waals surface area contributed by atoms with Crippen molar-refractivity contribution in [2.45, 2.75) is 12.0 Å². The van der Waals surface area contributed by atoms with E-state index >= 15 is 0 Å². The van der Waals surface area contributed by atoms with Gasteiger partial charge in [0.15, 0.2) is 0 Å². The number of hydrogen-bond acceptors (Lipinski definition) is 4. The highest BCUT2D eigenvalue weighted by atomic mass is 35.5. The van der Waals surface area contributed by atoms with E-state index in [1.807, 2.05) is 18.2 Å². The van der Waals surface area contributed by atoms with Crippen molar-refractivity contribution in [1.29, 1.82) is 0 Å². The van der Waals surface area contributed by atoms with Crippen molar-refractivity contribution in [2.24, 2.45) is 0 Å². The number of carbonyl (C=O) groups is 1. The summed E-state index contributed by atoms with van der Waals surface area (Å²) in [4.78, 5) is 12.2. The van der Waals surface area contributed by atoms with Gasteiger partial charge in [-0.2, -0.15) is 16.9 Å². The number of thioether (sulfide) groups is 1. The first-order valence-corrected chi connectivity index (χ1v) is 8.49. The first kappa shape index (κ1) is 15.4. The summed E-state index contributed by atoms with van der Waals surface area (Å²) in [5.74, 6) is 1.34. The van der Waals surface area contributed by atoms with Gasteiger partial charge in [0.1, 0.15) is 0 Å². The maximum Gasteiger partial charge on any atom is 0.254 e. The molecule has 1 aromatic heterocycles. The zero-order valence-electron chi connectivity index (χ0n) is 11.8. The number of amides is 1. The molecular weight excluding hydrogens is 322 g/mol. The van der Waals surface area contributed by atoms with Crippen LogP contribution in [0.15, 0.2) is 36.7 Å². The second-order valence-corrected chi connectivity index (χ2v) is 6.85. The van der Waals surface area contributed by atoms with Gasteiger partial charge in [-0.1, -0.05) is 23.7 Å². The molecule has 5 nitrogen and oxygen atoms in total. The number of halogens is 1. The van der Waals surface area contributed by atoms with Gasteiger partial charge in [0.2, 0.25) is 0 Å². The van der Waals surface area contributed by atoms with Crippen LogP contribution in [0.2, 0.25) is 5.02 Å². The highest BCUT2D eigenvalue weighted by Crippen LogP contribution is 2.27. The summed E-state index contributed by atoms with van der Waals surface area (Å²) in [6.07, 6.45) is 3.83. The summed E-state index contributed by atoms with van der Waals surface area (Å²) < 4.78 is 1.57. The lowest BCUT2D eigenvalue weighted by molar-refractivity contribution is 0.0612. The van der Waals surface area contributed by atoms with Crippen LogP contribution in [0.25, 0.3) is 5.69 Å². The predicted molar refractivity (Wildman–Crippen MR) is 87.8 cm³/mol. The largest absolute Gasteiger partial charge is 0.387 e. The van der Waals surface area contributed by atoms with E-state index < -0.39 is 5.60 Å². The van der Waals surface area contributed by atoms with E-state index in [-0.39, 0.29) is 12.5 Å². The quantitative estimate of drug-likeness (QED) is 0.897. The maximum absolute atomic E-state index is 12.2. The number of aromatic nitrogens is 2. The number of para-hydroxylation sites is 1. The highest BCUT2D eigenvalue weighted by Gasteiger charge is 2.32. The number of benzene rings is 1. The summed E-state index contributed by atoms with van der Waals surface area (Å²) in [5, 5.41) is 17.7. The number of hydrogen-bond donors (Lipinski definition) is 2. The fourth-order valence-corrected chi connectivity index (χ4v) is 3.81. The van der Waals surface area contributed by atoms with Crippen molar-refractivity contribution in [2.75, 3.05) is 18.1 Å². The molecule has 1 aliphatic rings. The van der Waals surface area contributed by atoms with Gasteiger partial charge in [-0.05, 0) is 24.3 Å². The average molecular weight is 338 g/mol. The van der Waals surface area contributed by atoms with E-state index in [2.05, 4.69) is 10.4 Å². The Morgan fingerprint density at radius 1 is 1.50 bits per heavy atom. The fourth-order valence-electron chi connectivity index (χ4n) is 2.29. The van der Waals surface area contributed by atoms with Crippen LogP contribution in [0, 0.1) is 0 Å². The minimum atomic E-state index is -0.793. The summed E-state index contributed by atoms with van der Waals surface area (Å²) in [6, 6.07) is 7.29. The fraction of sp³-hybridized carbons (Fsp3) is 0.333. The molecule has 2 N–H and O–H groups in total. The Bertz CT molecular complexity index is 683. The predicted octanol–water partition coefficient (Wildman–Crippen LogP) is 2.12. The molecule has 0 aliphatic carbocycles. The molecule has 1 aromatic carbocycles. The lowest BCUT2D eigenvalue weighted by atomic mass is 10.0. The van der Waals surface area contributed by atoms with Crippen LogP contribution in [-0.4, -0.2) is 44.4 Å². The average Bonchev–Trinajstić information content (AvgIpc) is 3.15. The Kier molecular flexibility index (Phi) is 4.42. The minimum Gasteiger partial charge on any atom is -0.387 e. The number of nitrogens with zero attached hydrogens (tertiary/aromatic N) is 2. The highest BCUT2D eigenvalue weighted by molar-refractivity contribution is 7.99. The van der Waals surface area contributed by atoms with Gasteiger partial charge in [0.25, 0.3) is 5.91 Å². The van der Waals surface area contributed by atoms with Crippen LogP contribution < -0.4 is 5.32 Å². The lowest BCUT2D eigenvalue weighted by Crippen LogP contribution is -2.42. The maximum atomic E-state index is 12.2. The van der Waals surface area contributed by atoms with Crippen molar-refractivity contribution < 1.29 is 9.90 Å². The Hall–Kier alpha value is -1.50. The van der Waals surface area contributed by atoms with Crippen LogP contribution in [0.3, 0.4) is 0 Å². The Morgan fingerprint density at radius 3 is 3.05 bits per heavy atom. The molecule has 1 aliphatic heterocycles. The summed E-state index contributed by atoms with van der Waals surface area (Å²) in [5.41, 5.74) is 0.363. The second-order valence-electron chi connectivity index (χ2n) is 5.33. The smallest absolute Gasteiger partial charge is 0.254 e. The van der Waals surface area contributed by atoms with Crippen molar-refractivity contribution in [3.05, 3.63) is 47.2 Å². The van der Waals surface area contributed by atoms with Crippen LogP contribution >= 0.6 is 23.4 Å². The zero-order valence-corrected chi connectivity index (χ0v) is 13.4. The molecule has 1 fully saturated rings. The van der Waals surface area contributed by atoms with E-state index in [0.717, 1.165) is 5.75 Å². The van der Waals surface area contributed by atoms with Gasteiger partial charge in [-0.25, -0.2) is 4.68 Å². The van der Waals surface area contributed by atoms with E-state index in [1.165, 1.54) is 6.20 Å². The second kappa shape index (κ2) is 6.32. The summed E-state index contributed by atoms with van der Waals surface area (Å²) in [7, 11) is 0. The molecule has 0 saturated carbocycles. The third-order valence-corrected chi connectivity index (χ3v) is 5.16. The third kappa shape index (κ3) is 3.29.